The van der Waals surface area contributed by atoms with Crippen LogP contribution in [0.2, 0.25) is 0 Å². The molecule has 1 aromatic rings. The van der Waals surface area contributed by atoms with Gasteiger partial charge in [-0.15, -0.1) is 4.40 Å². The van der Waals surface area contributed by atoms with Crippen molar-refractivity contribution >= 4 is 21.5 Å². The van der Waals surface area contributed by atoms with Crippen molar-refractivity contribution in [2.45, 2.75) is 38.5 Å². The van der Waals surface area contributed by atoms with Gasteiger partial charge >= 0.3 is 0 Å². The fraction of sp³-hybridized carbons (Fsp3) is 0.417. The summed E-state index contributed by atoms with van der Waals surface area (Å²) < 4.78 is 27.8. The molecule has 1 aliphatic rings. The van der Waals surface area contributed by atoms with Crippen molar-refractivity contribution in [2.75, 3.05) is 5.32 Å². The fourth-order valence-corrected chi connectivity index (χ4v) is 3.06. The van der Waals surface area contributed by atoms with Crippen LogP contribution in [0.15, 0.2) is 21.4 Å². The van der Waals surface area contributed by atoms with Crippen LogP contribution < -0.4 is 5.32 Å². The maximum Gasteiger partial charge on any atom is 0.286 e. The first kappa shape index (κ1) is 12.1. The van der Waals surface area contributed by atoms with E-state index in [0.29, 0.717) is 17.9 Å². The van der Waals surface area contributed by atoms with Gasteiger partial charge in [-0.1, -0.05) is 6.92 Å². The third-order valence-electron chi connectivity index (χ3n) is 2.87. The zero-order valence-electron chi connectivity index (χ0n) is 10.2. The largest absolute Gasteiger partial charge is 0.342 e. The molecule has 5 heteroatoms. The lowest BCUT2D eigenvalue weighted by atomic mass is 10.1. The van der Waals surface area contributed by atoms with Gasteiger partial charge in [0, 0.05) is 6.42 Å². The van der Waals surface area contributed by atoms with Crippen LogP contribution in [0.25, 0.3) is 0 Å². The molecule has 0 unspecified atom stereocenters. The van der Waals surface area contributed by atoms with Gasteiger partial charge in [0.1, 0.15) is 10.7 Å². The number of fused-ring (bicyclic) bond motifs is 1. The van der Waals surface area contributed by atoms with Crippen molar-refractivity contribution in [1.29, 1.82) is 0 Å². The Balaban J connectivity index is 2.57. The van der Waals surface area contributed by atoms with E-state index in [4.69, 9.17) is 0 Å². The molecule has 1 aliphatic heterocycles. The number of sulfonamides is 1. The van der Waals surface area contributed by atoms with Gasteiger partial charge in [0.2, 0.25) is 0 Å². The number of nitrogens with one attached hydrogen (secondary N) is 1. The molecule has 0 spiro atoms. The van der Waals surface area contributed by atoms with E-state index in [0.717, 1.165) is 17.5 Å². The van der Waals surface area contributed by atoms with E-state index in [9.17, 15) is 8.42 Å². The predicted octanol–water partition coefficient (Wildman–Crippen LogP) is 2.62. The molecule has 0 saturated heterocycles. The molecule has 0 aliphatic carbocycles. The van der Waals surface area contributed by atoms with Crippen LogP contribution in [0.4, 0.5) is 5.69 Å². The van der Waals surface area contributed by atoms with Gasteiger partial charge in [0.15, 0.2) is 0 Å². The Morgan fingerprint density at radius 1 is 1.24 bits per heavy atom. The molecule has 0 fully saturated rings. The Morgan fingerprint density at radius 3 is 2.53 bits per heavy atom. The molecule has 0 amide bonds. The number of amidine groups is 1. The molecule has 1 heterocycles. The predicted molar refractivity (Wildman–Crippen MR) is 69.1 cm³/mol. The summed E-state index contributed by atoms with van der Waals surface area (Å²) in [6.07, 6.45) is 1.51. The molecule has 0 atom stereocenters. The summed E-state index contributed by atoms with van der Waals surface area (Å²) in [7, 11) is -3.53. The van der Waals surface area contributed by atoms with E-state index in [2.05, 4.69) is 9.71 Å². The van der Waals surface area contributed by atoms with E-state index in [1.165, 1.54) is 0 Å². The van der Waals surface area contributed by atoms with Crippen molar-refractivity contribution < 1.29 is 8.42 Å². The third kappa shape index (κ3) is 2.20. The number of nitrogens with zero attached hydrogens (tertiary/aromatic N) is 1. The first-order valence-corrected chi connectivity index (χ1v) is 7.10. The molecular formula is C12H16N2O2S. The van der Waals surface area contributed by atoms with Gasteiger partial charge in [-0.3, -0.25) is 0 Å². The van der Waals surface area contributed by atoms with Crippen molar-refractivity contribution in [1.82, 2.24) is 0 Å². The first-order valence-electron chi connectivity index (χ1n) is 5.66. The lowest BCUT2D eigenvalue weighted by Gasteiger charge is -2.19. The van der Waals surface area contributed by atoms with Crippen LogP contribution >= 0.6 is 0 Å². The molecule has 0 saturated carbocycles. The van der Waals surface area contributed by atoms with E-state index < -0.39 is 10.0 Å². The molecule has 1 N–H and O–H groups in total. The van der Waals surface area contributed by atoms with Crippen LogP contribution in [-0.4, -0.2) is 14.3 Å². The highest BCUT2D eigenvalue weighted by Gasteiger charge is 2.24. The van der Waals surface area contributed by atoms with Gasteiger partial charge in [-0.25, -0.2) is 0 Å². The highest BCUT2D eigenvalue weighted by atomic mass is 32.2. The number of benzene rings is 1. The fourth-order valence-electron chi connectivity index (χ4n) is 1.82. The minimum absolute atomic E-state index is 0.278. The molecule has 0 radical (unpaired) electrons. The van der Waals surface area contributed by atoms with E-state index in [-0.39, 0.29) is 4.90 Å². The van der Waals surface area contributed by atoms with E-state index in [1.54, 1.807) is 6.07 Å². The second-order valence-electron chi connectivity index (χ2n) is 4.32. The summed E-state index contributed by atoms with van der Waals surface area (Å²) >= 11 is 0. The molecule has 4 nitrogen and oxygen atoms in total. The summed E-state index contributed by atoms with van der Waals surface area (Å²) in [6.45, 7) is 5.86. The smallest absolute Gasteiger partial charge is 0.286 e. The molecule has 17 heavy (non-hydrogen) atoms. The maximum absolute atomic E-state index is 12.0. The number of hydrogen-bond donors (Lipinski definition) is 1. The third-order valence-corrected chi connectivity index (χ3v) is 4.22. The minimum Gasteiger partial charge on any atom is -0.342 e. The molecule has 0 aromatic heterocycles. The lowest BCUT2D eigenvalue weighted by Crippen LogP contribution is -2.21. The minimum atomic E-state index is -3.53. The van der Waals surface area contributed by atoms with Crippen LogP contribution in [0.5, 0.6) is 0 Å². The highest BCUT2D eigenvalue weighted by molar-refractivity contribution is 7.90. The number of rotatable bonds is 2. The van der Waals surface area contributed by atoms with Crippen molar-refractivity contribution in [3.8, 4) is 0 Å². The van der Waals surface area contributed by atoms with Crippen molar-refractivity contribution in [3.63, 3.8) is 0 Å². The Morgan fingerprint density at radius 2 is 1.88 bits per heavy atom. The molecule has 1 aromatic carbocycles. The summed E-state index contributed by atoms with van der Waals surface area (Å²) in [4.78, 5) is 0.278. The normalized spacial score (nSPS) is 17.0. The summed E-state index contributed by atoms with van der Waals surface area (Å²) in [5, 5.41) is 3.09. The van der Waals surface area contributed by atoms with E-state index in [1.807, 2.05) is 26.8 Å². The summed E-state index contributed by atoms with van der Waals surface area (Å²) in [6, 6.07) is 3.55. The quantitative estimate of drug-likeness (QED) is 0.880. The molecular weight excluding hydrogens is 236 g/mol. The zero-order valence-corrected chi connectivity index (χ0v) is 11.1. The Hall–Kier alpha value is -1.36. The molecule has 92 valence electrons. The number of aryl methyl sites for hydroxylation is 2. The standard InChI is InChI=1S/C12H16N2O2S/c1-4-5-12-13-10-6-8(2)9(3)7-11(10)17(15,16)14-12/h6-7H,4-5H2,1-3H3,(H,13,14). The van der Waals surface area contributed by atoms with Crippen molar-refractivity contribution in [3.05, 3.63) is 23.3 Å². The summed E-state index contributed by atoms with van der Waals surface area (Å²) in [5.41, 5.74) is 2.68. The molecule has 2 rings (SSSR count). The number of hydrogen-bond acceptors (Lipinski definition) is 3. The second-order valence-corrected chi connectivity index (χ2v) is 5.89. The molecule has 0 bridgehead atoms. The SMILES string of the molecule is CCCC1=NS(=O)(=O)c2cc(C)c(C)cc2N1. The topological polar surface area (TPSA) is 58.5 Å². The Labute approximate surface area is 102 Å². The van der Waals surface area contributed by atoms with Crippen LogP contribution in [0.1, 0.15) is 30.9 Å². The second kappa shape index (κ2) is 4.14. The van der Waals surface area contributed by atoms with Crippen LogP contribution in [0.3, 0.4) is 0 Å². The maximum atomic E-state index is 12.0. The average molecular weight is 252 g/mol. The average Bonchev–Trinajstić information content (AvgIpc) is 2.21. The monoisotopic (exact) mass is 252 g/mol. The van der Waals surface area contributed by atoms with Gasteiger partial charge in [-0.2, -0.15) is 8.42 Å². The zero-order chi connectivity index (χ0) is 12.6. The van der Waals surface area contributed by atoms with Gasteiger partial charge < -0.3 is 5.32 Å². The number of anilines is 1. The van der Waals surface area contributed by atoms with Gasteiger partial charge in [0.25, 0.3) is 10.0 Å². The van der Waals surface area contributed by atoms with E-state index >= 15 is 0 Å². The highest BCUT2D eigenvalue weighted by Crippen LogP contribution is 2.30. The Bertz CT molecular complexity index is 589. The Kier molecular flexibility index (Phi) is 2.95. The van der Waals surface area contributed by atoms with Gasteiger partial charge in [-0.05, 0) is 43.5 Å². The van der Waals surface area contributed by atoms with Crippen LogP contribution in [-0.2, 0) is 10.0 Å². The lowest BCUT2D eigenvalue weighted by molar-refractivity contribution is 0.597. The van der Waals surface area contributed by atoms with Gasteiger partial charge in [0.05, 0.1) is 5.69 Å². The van der Waals surface area contributed by atoms with Crippen LogP contribution in [0, 0.1) is 13.8 Å². The van der Waals surface area contributed by atoms with Crippen molar-refractivity contribution in [2.24, 2.45) is 4.40 Å². The first-order chi connectivity index (χ1) is 7.94. The summed E-state index contributed by atoms with van der Waals surface area (Å²) in [5.74, 6) is 0.531.